The van der Waals surface area contributed by atoms with E-state index >= 15 is 0 Å². The van der Waals surface area contributed by atoms with Crippen molar-refractivity contribution in [2.45, 2.75) is 44.6 Å². The molecule has 1 aliphatic carbocycles. The summed E-state index contributed by atoms with van der Waals surface area (Å²) in [6.45, 7) is 0.518. The number of benzene rings is 1. The van der Waals surface area contributed by atoms with Crippen LogP contribution < -0.4 is 9.62 Å². The molecule has 1 N–H and O–H groups in total. The molecule has 3 heterocycles. The first-order valence-electron chi connectivity index (χ1n) is 11.7. The van der Waals surface area contributed by atoms with Crippen LogP contribution in [0.2, 0.25) is 0 Å². The zero-order valence-electron chi connectivity index (χ0n) is 18.8. The van der Waals surface area contributed by atoms with Crippen molar-refractivity contribution in [3.8, 4) is 17.3 Å². The lowest BCUT2D eigenvalue weighted by Crippen LogP contribution is -2.24. The van der Waals surface area contributed by atoms with Gasteiger partial charge >= 0.3 is 0 Å². The second-order valence-corrected chi connectivity index (χ2v) is 10.9. The Morgan fingerprint density at radius 2 is 1.94 bits per heavy atom. The van der Waals surface area contributed by atoms with Crippen LogP contribution in [-0.2, 0) is 10.0 Å². The van der Waals surface area contributed by atoms with E-state index in [0.717, 1.165) is 29.8 Å². The first kappa shape index (κ1) is 22.3. The van der Waals surface area contributed by atoms with E-state index in [0.29, 0.717) is 36.9 Å². The second kappa shape index (κ2) is 9.43. The highest BCUT2D eigenvalue weighted by Crippen LogP contribution is 2.36. The predicted molar refractivity (Wildman–Crippen MR) is 130 cm³/mol. The summed E-state index contributed by atoms with van der Waals surface area (Å²) >= 11 is 0. The summed E-state index contributed by atoms with van der Waals surface area (Å²) in [6.07, 6.45) is 11.3. The molecule has 2 aromatic heterocycles. The third-order valence-electron chi connectivity index (χ3n) is 6.65. The van der Waals surface area contributed by atoms with Crippen LogP contribution in [-0.4, -0.2) is 40.5 Å². The molecule has 1 aliphatic heterocycles. The SMILES string of the molecule is N#CCC(C1CCCC1)n1cc(-c2ccnc(Nc3ccc(N4CCCS4(=O)=O)cc3)n2)cn1. The topological polar surface area (TPSA) is 117 Å². The third kappa shape index (κ3) is 4.61. The monoisotopic (exact) mass is 477 g/mol. The molecule has 0 bridgehead atoms. The van der Waals surface area contributed by atoms with Gasteiger partial charge in [0, 0.05) is 30.2 Å². The van der Waals surface area contributed by atoms with Crippen LogP contribution in [0.4, 0.5) is 17.3 Å². The largest absolute Gasteiger partial charge is 0.324 e. The van der Waals surface area contributed by atoms with Crippen LogP contribution in [0.25, 0.3) is 11.3 Å². The summed E-state index contributed by atoms with van der Waals surface area (Å²) in [4.78, 5) is 8.95. The van der Waals surface area contributed by atoms with Crippen molar-refractivity contribution >= 4 is 27.3 Å². The molecule has 1 saturated heterocycles. The third-order valence-corrected chi connectivity index (χ3v) is 8.52. The Balaban J connectivity index is 1.31. The van der Waals surface area contributed by atoms with Gasteiger partial charge in [0.15, 0.2) is 0 Å². The van der Waals surface area contributed by atoms with Crippen molar-refractivity contribution in [1.82, 2.24) is 19.7 Å². The van der Waals surface area contributed by atoms with Gasteiger partial charge in [-0.15, -0.1) is 0 Å². The van der Waals surface area contributed by atoms with Gasteiger partial charge in [-0.3, -0.25) is 8.99 Å². The molecule has 5 rings (SSSR count). The molecule has 3 aromatic rings. The summed E-state index contributed by atoms with van der Waals surface area (Å²) in [6, 6.07) is 11.5. The Labute approximate surface area is 199 Å². The molecule has 1 aromatic carbocycles. The molecule has 34 heavy (non-hydrogen) atoms. The lowest BCUT2D eigenvalue weighted by molar-refractivity contribution is 0.315. The van der Waals surface area contributed by atoms with E-state index in [1.165, 1.54) is 17.1 Å². The lowest BCUT2D eigenvalue weighted by atomic mass is 9.96. The normalized spacial score (nSPS) is 18.6. The minimum Gasteiger partial charge on any atom is -0.324 e. The molecule has 10 heteroatoms. The van der Waals surface area contributed by atoms with Crippen LogP contribution in [0.1, 0.15) is 44.6 Å². The first-order valence-corrected chi connectivity index (χ1v) is 13.3. The summed E-state index contributed by atoms with van der Waals surface area (Å²) in [5, 5.41) is 17.1. The Morgan fingerprint density at radius 1 is 1.15 bits per heavy atom. The summed E-state index contributed by atoms with van der Waals surface area (Å²) in [5.41, 5.74) is 3.05. The van der Waals surface area contributed by atoms with Crippen LogP contribution in [0, 0.1) is 17.2 Å². The molecule has 1 saturated carbocycles. The molecule has 1 unspecified atom stereocenters. The molecule has 176 valence electrons. The quantitative estimate of drug-likeness (QED) is 0.540. The van der Waals surface area contributed by atoms with Gasteiger partial charge in [0.25, 0.3) is 0 Å². The van der Waals surface area contributed by atoms with E-state index in [9.17, 15) is 13.7 Å². The molecule has 0 spiro atoms. The minimum absolute atomic E-state index is 0.0959. The molecular weight excluding hydrogens is 450 g/mol. The Morgan fingerprint density at radius 3 is 2.65 bits per heavy atom. The maximum absolute atomic E-state index is 12.1. The smallest absolute Gasteiger partial charge is 0.235 e. The number of hydrogen-bond donors (Lipinski definition) is 1. The van der Waals surface area contributed by atoms with Gasteiger partial charge in [-0.25, -0.2) is 18.4 Å². The van der Waals surface area contributed by atoms with Gasteiger partial charge in [0.1, 0.15) is 0 Å². The van der Waals surface area contributed by atoms with Gasteiger partial charge in [-0.05, 0) is 55.5 Å². The fourth-order valence-corrected chi connectivity index (χ4v) is 6.48. The molecule has 0 radical (unpaired) electrons. The molecule has 1 atom stereocenters. The fraction of sp³-hybridized carbons (Fsp3) is 0.417. The number of anilines is 3. The van der Waals surface area contributed by atoms with Crippen molar-refractivity contribution in [2.75, 3.05) is 21.9 Å². The average molecular weight is 478 g/mol. The highest BCUT2D eigenvalue weighted by atomic mass is 32.2. The zero-order chi connectivity index (χ0) is 23.5. The summed E-state index contributed by atoms with van der Waals surface area (Å²) < 4.78 is 27.6. The molecule has 0 amide bonds. The molecule has 9 nitrogen and oxygen atoms in total. The van der Waals surface area contributed by atoms with Gasteiger partial charge in [0.05, 0.1) is 41.9 Å². The lowest BCUT2D eigenvalue weighted by Gasteiger charge is -2.21. The molecule has 2 aliphatic rings. The summed E-state index contributed by atoms with van der Waals surface area (Å²) in [5.74, 6) is 1.13. The number of nitrogens with zero attached hydrogens (tertiary/aromatic N) is 6. The maximum Gasteiger partial charge on any atom is 0.235 e. The van der Waals surface area contributed by atoms with Crippen molar-refractivity contribution < 1.29 is 8.42 Å². The van der Waals surface area contributed by atoms with Gasteiger partial charge < -0.3 is 5.32 Å². The number of nitriles is 1. The summed E-state index contributed by atoms with van der Waals surface area (Å²) in [7, 11) is -3.20. The second-order valence-electron chi connectivity index (χ2n) is 8.86. The van der Waals surface area contributed by atoms with Gasteiger partial charge in [-0.1, -0.05) is 12.8 Å². The fourth-order valence-electron chi connectivity index (χ4n) is 4.91. The number of nitrogens with one attached hydrogen (secondary N) is 1. The Hall–Kier alpha value is -3.45. The van der Waals surface area contributed by atoms with Crippen LogP contribution in [0.15, 0.2) is 48.9 Å². The average Bonchev–Trinajstić information content (AvgIpc) is 3.60. The maximum atomic E-state index is 12.1. The number of sulfonamides is 1. The Kier molecular flexibility index (Phi) is 6.20. The highest BCUT2D eigenvalue weighted by molar-refractivity contribution is 7.93. The standard InChI is InChI=1S/C24H27N7O2S/c25-12-10-23(18-4-1-2-5-18)30-17-19(16-27-30)22-11-13-26-24(29-22)28-20-6-8-21(9-7-20)31-14-3-15-34(31,32)33/h6-9,11,13,16-18,23H,1-5,10,14-15H2,(H,26,28,29). The zero-order valence-corrected chi connectivity index (χ0v) is 19.7. The van der Waals surface area contributed by atoms with E-state index in [4.69, 9.17) is 0 Å². The van der Waals surface area contributed by atoms with E-state index in [-0.39, 0.29) is 11.8 Å². The van der Waals surface area contributed by atoms with Crippen LogP contribution in [0.5, 0.6) is 0 Å². The molecule has 2 fully saturated rings. The molecular formula is C24H27N7O2S. The van der Waals surface area contributed by atoms with Crippen LogP contribution in [0.3, 0.4) is 0 Å². The van der Waals surface area contributed by atoms with Crippen molar-refractivity contribution in [2.24, 2.45) is 5.92 Å². The van der Waals surface area contributed by atoms with Gasteiger partial charge in [-0.2, -0.15) is 10.4 Å². The first-order chi connectivity index (χ1) is 16.5. The Bertz CT molecular complexity index is 1290. The number of rotatable bonds is 7. The van der Waals surface area contributed by atoms with Crippen molar-refractivity contribution in [3.05, 3.63) is 48.9 Å². The van der Waals surface area contributed by atoms with E-state index < -0.39 is 10.0 Å². The van der Waals surface area contributed by atoms with Crippen molar-refractivity contribution in [3.63, 3.8) is 0 Å². The predicted octanol–water partition coefficient (Wildman–Crippen LogP) is 4.27. The van der Waals surface area contributed by atoms with Crippen molar-refractivity contribution in [1.29, 1.82) is 5.26 Å². The van der Waals surface area contributed by atoms with Gasteiger partial charge in [0.2, 0.25) is 16.0 Å². The van der Waals surface area contributed by atoms with E-state index in [1.54, 1.807) is 24.5 Å². The minimum atomic E-state index is -3.20. The van der Waals surface area contributed by atoms with E-state index in [2.05, 4.69) is 26.5 Å². The highest BCUT2D eigenvalue weighted by Gasteiger charge is 2.28. The number of hydrogen-bond acceptors (Lipinski definition) is 7. The van der Waals surface area contributed by atoms with E-state index in [1.807, 2.05) is 29.1 Å². The number of aromatic nitrogens is 4. The van der Waals surface area contributed by atoms with Crippen LogP contribution >= 0.6 is 0 Å².